The van der Waals surface area contributed by atoms with Crippen LogP contribution in [0.25, 0.3) is 0 Å². The molecule has 2 nitrogen and oxygen atoms in total. The zero-order valence-corrected chi connectivity index (χ0v) is 11.5. The van der Waals surface area contributed by atoms with Crippen molar-refractivity contribution in [2.24, 2.45) is 0 Å². The molecule has 4 heteroatoms. The van der Waals surface area contributed by atoms with E-state index in [1.54, 1.807) is 0 Å². The minimum absolute atomic E-state index is 0.0359. The Bertz CT molecular complexity index is 423. The van der Waals surface area contributed by atoms with Crippen LogP contribution in [0, 0.1) is 5.82 Å². The van der Waals surface area contributed by atoms with Crippen molar-refractivity contribution in [3.8, 4) is 0 Å². The van der Waals surface area contributed by atoms with Gasteiger partial charge in [0.1, 0.15) is 5.82 Å². The predicted molar refractivity (Wildman–Crippen MR) is 75.9 cm³/mol. The van der Waals surface area contributed by atoms with Gasteiger partial charge in [0.15, 0.2) is 0 Å². The van der Waals surface area contributed by atoms with E-state index in [0.717, 1.165) is 31.2 Å². The Morgan fingerprint density at radius 3 is 2.42 bits per heavy atom. The Morgan fingerprint density at radius 1 is 1.21 bits per heavy atom. The van der Waals surface area contributed by atoms with Crippen molar-refractivity contribution in [2.75, 3.05) is 0 Å². The van der Waals surface area contributed by atoms with Crippen molar-refractivity contribution in [1.82, 2.24) is 0 Å². The summed E-state index contributed by atoms with van der Waals surface area (Å²) in [6.45, 7) is 2.17. The van der Waals surface area contributed by atoms with E-state index < -0.39 is 12.9 Å². The molecule has 104 valence electrons. The van der Waals surface area contributed by atoms with Crippen LogP contribution in [0.2, 0.25) is 0 Å². The Morgan fingerprint density at radius 2 is 1.89 bits per heavy atom. The Balaban J connectivity index is 2.34. The number of rotatable bonds is 4. The first kappa shape index (κ1) is 14.5. The van der Waals surface area contributed by atoms with Gasteiger partial charge in [0.05, 0.1) is 0 Å². The van der Waals surface area contributed by atoms with Crippen LogP contribution in [0.15, 0.2) is 18.2 Å². The lowest BCUT2D eigenvalue weighted by Gasteiger charge is -2.38. The fourth-order valence-electron chi connectivity index (χ4n) is 3.46. The van der Waals surface area contributed by atoms with Crippen LogP contribution in [0.4, 0.5) is 4.39 Å². The summed E-state index contributed by atoms with van der Waals surface area (Å²) in [6.07, 6.45) is 8.06. The van der Waals surface area contributed by atoms with Crippen LogP contribution in [0.3, 0.4) is 0 Å². The lowest BCUT2D eigenvalue weighted by atomic mass is 9.66. The fourth-order valence-corrected chi connectivity index (χ4v) is 3.46. The predicted octanol–water partition coefficient (Wildman–Crippen LogP) is 2.51. The molecular weight excluding hydrogens is 242 g/mol. The first-order valence-electron chi connectivity index (χ1n) is 7.25. The van der Waals surface area contributed by atoms with Crippen molar-refractivity contribution in [3.05, 3.63) is 29.6 Å². The van der Waals surface area contributed by atoms with Gasteiger partial charge in [-0.25, -0.2) is 4.39 Å². The van der Waals surface area contributed by atoms with Gasteiger partial charge >= 0.3 is 7.12 Å². The molecule has 19 heavy (non-hydrogen) atoms. The molecule has 1 aliphatic carbocycles. The summed E-state index contributed by atoms with van der Waals surface area (Å²) in [4.78, 5) is 0. The van der Waals surface area contributed by atoms with E-state index >= 15 is 0 Å². The summed E-state index contributed by atoms with van der Waals surface area (Å²) in [5, 5.41) is 18.2. The summed E-state index contributed by atoms with van der Waals surface area (Å²) in [7, 11) is -1.73. The smallest absolute Gasteiger partial charge is 0.423 e. The first-order valence-corrected chi connectivity index (χ1v) is 7.25. The molecule has 0 bridgehead atoms. The average molecular weight is 264 g/mol. The van der Waals surface area contributed by atoms with Gasteiger partial charge in [-0.2, -0.15) is 0 Å². The molecule has 0 atom stereocenters. The molecule has 1 aliphatic rings. The molecule has 1 fully saturated rings. The van der Waals surface area contributed by atoms with E-state index in [1.165, 1.54) is 31.4 Å². The molecule has 0 aliphatic heterocycles. The van der Waals surface area contributed by atoms with Gasteiger partial charge in [0.2, 0.25) is 0 Å². The van der Waals surface area contributed by atoms with E-state index in [0.29, 0.717) is 0 Å². The maximum atomic E-state index is 13.9. The molecule has 2 N–H and O–H groups in total. The third kappa shape index (κ3) is 3.01. The molecule has 1 saturated carbocycles. The zero-order valence-electron chi connectivity index (χ0n) is 11.5. The average Bonchev–Trinajstić information content (AvgIpc) is 2.39. The summed E-state index contributed by atoms with van der Waals surface area (Å²) in [5.74, 6) is -0.506. The standard InChI is InChI=1S/C15H22BFO2/c1-2-8-15(9-4-3-5-10-15)12-6-7-13(16(18)19)14(17)11-12/h6-7,11,18-19H,2-5,8-10H2,1H3. The van der Waals surface area contributed by atoms with Crippen LogP contribution in [0.5, 0.6) is 0 Å². The highest BCUT2D eigenvalue weighted by Gasteiger charge is 2.33. The second-order valence-electron chi connectivity index (χ2n) is 5.70. The Labute approximate surface area is 114 Å². The van der Waals surface area contributed by atoms with E-state index in [-0.39, 0.29) is 10.9 Å². The third-order valence-corrected chi connectivity index (χ3v) is 4.43. The minimum Gasteiger partial charge on any atom is -0.423 e. The molecule has 0 saturated heterocycles. The third-order valence-electron chi connectivity index (χ3n) is 4.43. The highest BCUT2D eigenvalue weighted by molar-refractivity contribution is 6.58. The maximum absolute atomic E-state index is 13.9. The number of hydrogen-bond acceptors (Lipinski definition) is 2. The monoisotopic (exact) mass is 264 g/mol. The highest BCUT2D eigenvalue weighted by Crippen LogP contribution is 2.42. The zero-order chi connectivity index (χ0) is 13.9. The van der Waals surface area contributed by atoms with Crippen molar-refractivity contribution < 1.29 is 14.4 Å². The van der Waals surface area contributed by atoms with Gasteiger partial charge in [-0.1, -0.05) is 44.7 Å². The van der Waals surface area contributed by atoms with E-state index in [9.17, 15) is 4.39 Å². The number of benzene rings is 1. The molecule has 0 unspecified atom stereocenters. The summed E-state index contributed by atoms with van der Waals surface area (Å²) in [5.41, 5.74) is 1.08. The van der Waals surface area contributed by atoms with Gasteiger partial charge in [-0.05, 0) is 36.3 Å². The molecular formula is C15H22BFO2. The summed E-state index contributed by atoms with van der Waals surface area (Å²) >= 11 is 0. The van der Waals surface area contributed by atoms with Gasteiger partial charge < -0.3 is 10.0 Å². The first-order chi connectivity index (χ1) is 9.09. The molecule has 0 radical (unpaired) electrons. The topological polar surface area (TPSA) is 40.5 Å². The molecule has 1 aromatic carbocycles. The van der Waals surface area contributed by atoms with E-state index in [1.807, 2.05) is 6.07 Å². The highest BCUT2D eigenvalue weighted by atomic mass is 19.1. The van der Waals surface area contributed by atoms with Crippen LogP contribution in [-0.2, 0) is 5.41 Å². The Hall–Kier alpha value is -0.865. The van der Waals surface area contributed by atoms with Crippen molar-refractivity contribution in [1.29, 1.82) is 0 Å². The number of hydrogen-bond donors (Lipinski definition) is 2. The SMILES string of the molecule is CCCC1(c2ccc(B(O)O)c(F)c2)CCCCC1. The van der Waals surface area contributed by atoms with Crippen molar-refractivity contribution >= 4 is 12.6 Å². The second kappa shape index (κ2) is 6.06. The van der Waals surface area contributed by atoms with Crippen LogP contribution >= 0.6 is 0 Å². The largest absolute Gasteiger partial charge is 0.491 e. The van der Waals surface area contributed by atoms with Gasteiger partial charge in [0.25, 0.3) is 0 Å². The second-order valence-corrected chi connectivity index (χ2v) is 5.70. The molecule has 0 spiro atoms. The van der Waals surface area contributed by atoms with Crippen LogP contribution < -0.4 is 5.46 Å². The summed E-state index contributed by atoms with van der Waals surface area (Å²) in [6, 6.07) is 4.90. The summed E-state index contributed by atoms with van der Waals surface area (Å²) < 4.78 is 13.9. The Kier molecular flexibility index (Phi) is 4.64. The molecule has 2 rings (SSSR count). The lowest BCUT2D eigenvalue weighted by molar-refractivity contribution is 0.271. The van der Waals surface area contributed by atoms with Gasteiger partial charge in [-0.3, -0.25) is 0 Å². The molecule has 1 aromatic rings. The minimum atomic E-state index is -1.73. The molecule has 0 aromatic heterocycles. The van der Waals surface area contributed by atoms with Gasteiger partial charge in [-0.15, -0.1) is 0 Å². The fraction of sp³-hybridized carbons (Fsp3) is 0.600. The van der Waals surface area contributed by atoms with Crippen LogP contribution in [-0.4, -0.2) is 17.2 Å². The van der Waals surface area contributed by atoms with E-state index in [4.69, 9.17) is 10.0 Å². The lowest BCUT2D eigenvalue weighted by Crippen LogP contribution is -2.35. The van der Waals surface area contributed by atoms with Gasteiger partial charge in [0, 0.05) is 5.46 Å². The van der Waals surface area contributed by atoms with Crippen molar-refractivity contribution in [2.45, 2.75) is 57.3 Å². The normalized spacial score (nSPS) is 18.3. The van der Waals surface area contributed by atoms with Crippen LogP contribution in [0.1, 0.15) is 57.4 Å². The molecule has 0 amide bonds. The molecule has 0 heterocycles. The van der Waals surface area contributed by atoms with E-state index in [2.05, 4.69) is 6.92 Å². The van der Waals surface area contributed by atoms with Crippen molar-refractivity contribution in [3.63, 3.8) is 0 Å². The maximum Gasteiger partial charge on any atom is 0.491 e. The number of halogens is 1. The quantitative estimate of drug-likeness (QED) is 0.820.